The molecule has 0 aromatic heterocycles. The van der Waals surface area contributed by atoms with E-state index in [2.05, 4.69) is 21.2 Å². The summed E-state index contributed by atoms with van der Waals surface area (Å²) in [6.45, 7) is 0.482. The number of benzene rings is 1. The number of alkyl halides is 1. The van der Waals surface area contributed by atoms with Gasteiger partial charge in [0.2, 0.25) is 0 Å². The molecule has 1 aliphatic rings. The second-order valence-corrected chi connectivity index (χ2v) is 6.20. The van der Waals surface area contributed by atoms with E-state index in [-0.39, 0.29) is 5.56 Å². The predicted octanol–water partition coefficient (Wildman–Crippen LogP) is 3.03. The van der Waals surface area contributed by atoms with Crippen LogP contribution in [0.15, 0.2) is 18.2 Å². The van der Waals surface area contributed by atoms with Gasteiger partial charge in [0.1, 0.15) is 11.4 Å². The Morgan fingerprint density at radius 1 is 1.50 bits per heavy atom. The van der Waals surface area contributed by atoms with Crippen molar-refractivity contribution in [1.82, 2.24) is 5.32 Å². The highest BCUT2D eigenvalue weighted by atomic mass is 79.9. The van der Waals surface area contributed by atoms with Crippen LogP contribution in [0.4, 0.5) is 10.1 Å². The van der Waals surface area contributed by atoms with Gasteiger partial charge in [0, 0.05) is 11.4 Å². The van der Waals surface area contributed by atoms with Crippen molar-refractivity contribution in [2.45, 2.75) is 24.1 Å². The number of rotatable bonds is 4. The number of hydrogen-bond donors (Lipinski definition) is 1. The van der Waals surface area contributed by atoms with Crippen molar-refractivity contribution in [2.75, 3.05) is 6.54 Å². The zero-order chi connectivity index (χ0) is 14.7. The molecule has 20 heavy (non-hydrogen) atoms. The number of nitro groups is 1. The molecule has 2 rings (SSSR count). The van der Waals surface area contributed by atoms with Crippen LogP contribution >= 0.6 is 15.9 Å². The largest absolute Gasteiger partial charge is 0.352 e. The summed E-state index contributed by atoms with van der Waals surface area (Å²) in [6, 6.07) is 2.95. The summed E-state index contributed by atoms with van der Waals surface area (Å²) < 4.78 is 13.0. The maximum absolute atomic E-state index is 13.0. The first-order chi connectivity index (χ1) is 9.47. The predicted molar refractivity (Wildman–Crippen MR) is 75.4 cm³/mol. The van der Waals surface area contributed by atoms with Crippen LogP contribution in [0.25, 0.3) is 0 Å². The van der Waals surface area contributed by atoms with Crippen LogP contribution in [0.2, 0.25) is 0 Å². The molecule has 1 saturated carbocycles. The Balaban J connectivity index is 2.03. The second-order valence-electron chi connectivity index (χ2n) is 4.90. The molecule has 1 N–H and O–H groups in total. The van der Waals surface area contributed by atoms with Crippen molar-refractivity contribution < 1.29 is 14.1 Å². The Bertz CT molecular complexity index is 538. The average molecular weight is 345 g/mol. The number of amides is 1. The maximum atomic E-state index is 13.0. The third-order valence-corrected chi connectivity index (χ3v) is 4.26. The van der Waals surface area contributed by atoms with E-state index in [1.807, 2.05) is 0 Å². The lowest BCUT2D eigenvalue weighted by Crippen LogP contribution is -2.29. The molecule has 0 saturated heterocycles. The minimum absolute atomic E-state index is 0.107. The van der Waals surface area contributed by atoms with Gasteiger partial charge < -0.3 is 5.32 Å². The molecule has 0 spiro atoms. The molecule has 1 aliphatic carbocycles. The Hall–Kier alpha value is -1.50. The van der Waals surface area contributed by atoms with E-state index in [0.717, 1.165) is 37.5 Å². The zero-order valence-corrected chi connectivity index (χ0v) is 12.2. The van der Waals surface area contributed by atoms with Crippen LogP contribution in [-0.2, 0) is 0 Å². The maximum Gasteiger partial charge on any atom is 0.285 e. The third kappa shape index (κ3) is 3.53. The summed E-state index contributed by atoms with van der Waals surface area (Å²) in [4.78, 5) is 22.5. The molecule has 0 heterocycles. The van der Waals surface area contributed by atoms with Gasteiger partial charge in [0.05, 0.1) is 11.0 Å². The Morgan fingerprint density at radius 2 is 2.25 bits per heavy atom. The number of nitrogens with one attached hydrogen (secondary N) is 1. The molecule has 1 amide bonds. The first-order valence-electron chi connectivity index (χ1n) is 6.33. The molecule has 1 aromatic rings. The van der Waals surface area contributed by atoms with Gasteiger partial charge in [-0.05, 0) is 37.3 Å². The molecule has 1 fully saturated rings. The molecule has 2 unspecified atom stereocenters. The second kappa shape index (κ2) is 6.30. The van der Waals surface area contributed by atoms with E-state index < -0.39 is 22.3 Å². The van der Waals surface area contributed by atoms with Crippen LogP contribution in [0.5, 0.6) is 0 Å². The van der Waals surface area contributed by atoms with Gasteiger partial charge in [-0.1, -0.05) is 15.9 Å². The highest BCUT2D eigenvalue weighted by molar-refractivity contribution is 9.09. The fourth-order valence-electron chi connectivity index (χ4n) is 2.38. The fourth-order valence-corrected chi connectivity index (χ4v) is 3.17. The number of nitrogens with zero attached hydrogens (tertiary/aromatic N) is 1. The Morgan fingerprint density at radius 3 is 2.85 bits per heavy atom. The molecule has 2 atom stereocenters. The summed E-state index contributed by atoms with van der Waals surface area (Å²) in [7, 11) is 0. The minimum atomic E-state index is -0.748. The minimum Gasteiger partial charge on any atom is -0.352 e. The molecular weight excluding hydrogens is 331 g/mol. The highest BCUT2D eigenvalue weighted by Crippen LogP contribution is 2.30. The number of hydrogen-bond acceptors (Lipinski definition) is 3. The molecular formula is C13H14BrFN2O3. The first kappa shape index (κ1) is 14.9. The quantitative estimate of drug-likeness (QED) is 0.518. The van der Waals surface area contributed by atoms with Crippen molar-refractivity contribution in [3.63, 3.8) is 0 Å². The van der Waals surface area contributed by atoms with Crippen LogP contribution in [0, 0.1) is 21.8 Å². The SMILES string of the molecule is O=C(NCC1CCC(Br)C1)c1ccc(F)cc1[N+](=O)[O-]. The lowest BCUT2D eigenvalue weighted by Gasteiger charge is -2.11. The molecule has 5 nitrogen and oxygen atoms in total. The van der Waals surface area contributed by atoms with Gasteiger partial charge in [-0.25, -0.2) is 4.39 Å². The lowest BCUT2D eigenvalue weighted by molar-refractivity contribution is -0.385. The number of halogens is 2. The van der Waals surface area contributed by atoms with Crippen molar-refractivity contribution in [3.05, 3.63) is 39.7 Å². The Labute approximate surface area is 123 Å². The number of nitro benzene ring substituents is 1. The van der Waals surface area contributed by atoms with E-state index >= 15 is 0 Å². The summed E-state index contributed by atoms with van der Waals surface area (Å²) in [5, 5.41) is 13.5. The average Bonchev–Trinajstić information content (AvgIpc) is 2.81. The molecule has 1 aromatic carbocycles. The smallest absolute Gasteiger partial charge is 0.285 e. The number of carbonyl (C=O) groups excluding carboxylic acids is 1. The summed E-state index contributed by atoms with van der Waals surface area (Å²) in [6.07, 6.45) is 3.06. The van der Waals surface area contributed by atoms with Gasteiger partial charge >= 0.3 is 0 Å². The summed E-state index contributed by atoms with van der Waals surface area (Å²) >= 11 is 3.53. The standard InChI is InChI=1S/C13H14BrFN2O3/c14-9-2-1-8(5-9)7-16-13(18)11-4-3-10(15)6-12(11)17(19)20/h3-4,6,8-9H,1-2,5,7H2,(H,16,18). The van der Waals surface area contributed by atoms with Crippen molar-refractivity contribution in [1.29, 1.82) is 0 Å². The van der Waals surface area contributed by atoms with E-state index in [9.17, 15) is 19.3 Å². The third-order valence-electron chi connectivity index (χ3n) is 3.43. The van der Waals surface area contributed by atoms with Gasteiger partial charge in [0.15, 0.2) is 0 Å². The van der Waals surface area contributed by atoms with Crippen LogP contribution in [-0.4, -0.2) is 22.2 Å². The molecule has 7 heteroatoms. The van der Waals surface area contributed by atoms with Gasteiger partial charge in [-0.15, -0.1) is 0 Å². The van der Waals surface area contributed by atoms with Gasteiger partial charge in [0.25, 0.3) is 11.6 Å². The van der Waals surface area contributed by atoms with E-state index in [4.69, 9.17) is 0 Å². The normalized spacial score (nSPS) is 21.7. The lowest BCUT2D eigenvalue weighted by atomic mass is 10.1. The monoisotopic (exact) mass is 344 g/mol. The van der Waals surface area contributed by atoms with Crippen LogP contribution in [0.1, 0.15) is 29.6 Å². The summed E-state index contributed by atoms with van der Waals surface area (Å²) in [5.74, 6) is -0.885. The van der Waals surface area contributed by atoms with Gasteiger partial charge in [-0.3, -0.25) is 14.9 Å². The van der Waals surface area contributed by atoms with E-state index in [1.54, 1.807) is 0 Å². The molecule has 108 valence electrons. The summed E-state index contributed by atoms with van der Waals surface area (Å²) in [5.41, 5.74) is -0.614. The van der Waals surface area contributed by atoms with Crippen molar-refractivity contribution in [3.8, 4) is 0 Å². The number of carbonyl (C=O) groups is 1. The Kier molecular flexibility index (Phi) is 4.69. The molecule has 0 radical (unpaired) electrons. The van der Waals surface area contributed by atoms with Gasteiger partial charge in [-0.2, -0.15) is 0 Å². The van der Waals surface area contributed by atoms with Crippen LogP contribution < -0.4 is 5.32 Å². The van der Waals surface area contributed by atoms with Crippen molar-refractivity contribution >= 4 is 27.5 Å². The first-order valence-corrected chi connectivity index (χ1v) is 7.25. The highest BCUT2D eigenvalue weighted by Gasteiger charge is 2.25. The van der Waals surface area contributed by atoms with Crippen molar-refractivity contribution in [2.24, 2.45) is 5.92 Å². The van der Waals surface area contributed by atoms with E-state index in [1.165, 1.54) is 0 Å². The van der Waals surface area contributed by atoms with Crippen LogP contribution in [0.3, 0.4) is 0 Å². The molecule has 0 aliphatic heterocycles. The fraction of sp³-hybridized carbons (Fsp3) is 0.462. The molecule has 0 bridgehead atoms. The zero-order valence-electron chi connectivity index (χ0n) is 10.6. The topological polar surface area (TPSA) is 72.2 Å². The van der Waals surface area contributed by atoms with E-state index in [0.29, 0.717) is 17.3 Å².